The summed E-state index contributed by atoms with van der Waals surface area (Å²) in [4.78, 5) is 18.2. The number of rotatable bonds is 5. The molecule has 6 heteroatoms. The van der Waals surface area contributed by atoms with Gasteiger partial charge in [-0.3, -0.25) is 4.79 Å². The van der Waals surface area contributed by atoms with E-state index in [4.69, 9.17) is 10.5 Å². The summed E-state index contributed by atoms with van der Waals surface area (Å²) in [6.45, 7) is 3.21. The maximum atomic E-state index is 12.2. The van der Waals surface area contributed by atoms with Crippen LogP contribution in [0.1, 0.15) is 16.9 Å². The summed E-state index contributed by atoms with van der Waals surface area (Å²) < 4.78 is 6.93. The standard InChI is InChI=1S/C13H20N4O2/c1-19-9-11-2-5-17(6-3-11)13(18)12-8-16(7-4-14)10-15-12/h2,8,10H,3-7,9,14H2,1H3. The Kier molecular flexibility index (Phi) is 4.70. The number of carbonyl (C=O) groups excluding carboxylic acids is 1. The minimum atomic E-state index is -0.0245. The Balaban J connectivity index is 1.96. The fourth-order valence-electron chi connectivity index (χ4n) is 2.12. The van der Waals surface area contributed by atoms with Gasteiger partial charge in [-0.25, -0.2) is 4.98 Å². The quantitative estimate of drug-likeness (QED) is 0.774. The van der Waals surface area contributed by atoms with E-state index in [1.54, 1.807) is 24.5 Å². The lowest BCUT2D eigenvalue weighted by Crippen LogP contribution is -2.35. The molecule has 0 spiro atoms. The highest BCUT2D eigenvalue weighted by molar-refractivity contribution is 5.92. The summed E-state index contributed by atoms with van der Waals surface area (Å²) in [6, 6.07) is 0. The molecule has 1 aromatic rings. The molecule has 1 aromatic heterocycles. The number of aromatic nitrogens is 2. The maximum Gasteiger partial charge on any atom is 0.274 e. The third-order valence-electron chi connectivity index (χ3n) is 3.16. The SMILES string of the molecule is COCC1=CCN(C(=O)c2cn(CCN)cn2)CC1. The van der Waals surface area contributed by atoms with Crippen LogP contribution in [0.3, 0.4) is 0 Å². The van der Waals surface area contributed by atoms with Gasteiger partial charge in [-0.05, 0) is 12.0 Å². The lowest BCUT2D eigenvalue weighted by Gasteiger charge is -2.25. The topological polar surface area (TPSA) is 73.4 Å². The molecule has 2 N–H and O–H groups in total. The van der Waals surface area contributed by atoms with Gasteiger partial charge in [0.15, 0.2) is 0 Å². The van der Waals surface area contributed by atoms with Gasteiger partial charge in [0.2, 0.25) is 0 Å². The molecule has 0 radical (unpaired) electrons. The summed E-state index contributed by atoms with van der Waals surface area (Å²) in [7, 11) is 1.68. The van der Waals surface area contributed by atoms with E-state index in [-0.39, 0.29) is 5.91 Å². The maximum absolute atomic E-state index is 12.2. The third-order valence-corrected chi connectivity index (χ3v) is 3.16. The molecular formula is C13H20N4O2. The van der Waals surface area contributed by atoms with Crippen LogP contribution in [-0.2, 0) is 11.3 Å². The number of amides is 1. The average Bonchev–Trinajstić information content (AvgIpc) is 2.88. The normalized spacial score (nSPS) is 15.5. The van der Waals surface area contributed by atoms with Gasteiger partial charge in [0, 0.05) is 39.5 Å². The molecule has 0 aromatic carbocycles. The van der Waals surface area contributed by atoms with Crippen LogP contribution in [0, 0.1) is 0 Å². The van der Waals surface area contributed by atoms with Crippen molar-refractivity contribution in [3.05, 3.63) is 29.9 Å². The molecule has 0 aliphatic carbocycles. The number of hydrogen-bond donors (Lipinski definition) is 1. The number of ether oxygens (including phenoxy) is 1. The molecule has 6 nitrogen and oxygen atoms in total. The Morgan fingerprint density at radius 2 is 2.42 bits per heavy atom. The zero-order valence-electron chi connectivity index (χ0n) is 11.2. The first-order chi connectivity index (χ1) is 9.24. The molecule has 104 valence electrons. The molecule has 1 aliphatic rings. The molecule has 0 saturated heterocycles. The molecule has 0 fully saturated rings. The van der Waals surface area contributed by atoms with E-state index in [2.05, 4.69) is 11.1 Å². The van der Waals surface area contributed by atoms with Crippen LogP contribution < -0.4 is 5.73 Å². The second-order valence-corrected chi connectivity index (χ2v) is 4.58. The van der Waals surface area contributed by atoms with Crippen LogP contribution in [0.25, 0.3) is 0 Å². The number of methoxy groups -OCH3 is 1. The highest BCUT2D eigenvalue weighted by Crippen LogP contribution is 2.13. The fraction of sp³-hybridized carbons (Fsp3) is 0.538. The Hall–Kier alpha value is -1.66. The first kappa shape index (κ1) is 13.8. The van der Waals surface area contributed by atoms with Crippen molar-refractivity contribution in [1.82, 2.24) is 14.5 Å². The summed E-state index contributed by atoms with van der Waals surface area (Å²) in [6.07, 6.45) is 6.32. The van der Waals surface area contributed by atoms with Crippen molar-refractivity contribution in [2.75, 3.05) is 33.4 Å². The van der Waals surface area contributed by atoms with Gasteiger partial charge in [-0.1, -0.05) is 6.08 Å². The number of nitrogens with two attached hydrogens (primary N) is 1. The lowest BCUT2D eigenvalue weighted by atomic mass is 10.1. The van der Waals surface area contributed by atoms with Gasteiger partial charge < -0.3 is 19.9 Å². The summed E-state index contributed by atoms with van der Waals surface area (Å²) >= 11 is 0. The smallest absolute Gasteiger partial charge is 0.274 e. The Morgan fingerprint density at radius 3 is 3.05 bits per heavy atom. The lowest BCUT2D eigenvalue weighted by molar-refractivity contribution is 0.0759. The molecule has 2 rings (SSSR count). The number of nitrogens with zero attached hydrogens (tertiary/aromatic N) is 3. The predicted molar refractivity (Wildman–Crippen MR) is 71.8 cm³/mol. The van der Waals surface area contributed by atoms with E-state index in [9.17, 15) is 4.79 Å². The highest BCUT2D eigenvalue weighted by atomic mass is 16.5. The van der Waals surface area contributed by atoms with E-state index < -0.39 is 0 Å². The molecule has 0 saturated carbocycles. The fourth-order valence-corrected chi connectivity index (χ4v) is 2.12. The molecule has 2 heterocycles. The Bertz CT molecular complexity index is 467. The molecular weight excluding hydrogens is 244 g/mol. The van der Waals surface area contributed by atoms with E-state index in [1.165, 1.54) is 5.57 Å². The van der Waals surface area contributed by atoms with Gasteiger partial charge >= 0.3 is 0 Å². The molecule has 0 unspecified atom stereocenters. The highest BCUT2D eigenvalue weighted by Gasteiger charge is 2.20. The van der Waals surface area contributed by atoms with Crippen LogP contribution in [0.4, 0.5) is 0 Å². The van der Waals surface area contributed by atoms with Crippen LogP contribution in [0.5, 0.6) is 0 Å². The summed E-state index contributed by atoms with van der Waals surface area (Å²) in [5.41, 5.74) is 7.20. The third kappa shape index (κ3) is 3.42. The largest absolute Gasteiger partial charge is 0.380 e. The number of hydrogen-bond acceptors (Lipinski definition) is 4. The van der Waals surface area contributed by atoms with Crippen molar-refractivity contribution in [2.24, 2.45) is 5.73 Å². The van der Waals surface area contributed by atoms with E-state index in [1.807, 2.05) is 4.57 Å². The second kappa shape index (κ2) is 6.49. The van der Waals surface area contributed by atoms with Gasteiger partial charge in [0.05, 0.1) is 12.9 Å². The zero-order valence-corrected chi connectivity index (χ0v) is 11.2. The Labute approximate surface area is 112 Å². The molecule has 0 atom stereocenters. The van der Waals surface area contributed by atoms with E-state index in [0.717, 1.165) is 13.0 Å². The van der Waals surface area contributed by atoms with Crippen molar-refractivity contribution in [1.29, 1.82) is 0 Å². The van der Waals surface area contributed by atoms with Gasteiger partial charge in [0.25, 0.3) is 5.91 Å². The number of carbonyl (C=O) groups is 1. The number of imidazole rings is 1. The van der Waals surface area contributed by atoms with Gasteiger partial charge in [-0.15, -0.1) is 0 Å². The van der Waals surface area contributed by atoms with Crippen molar-refractivity contribution in [3.8, 4) is 0 Å². The minimum absolute atomic E-state index is 0.0245. The van der Waals surface area contributed by atoms with Crippen LogP contribution in [0.2, 0.25) is 0 Å². The monoisotopic (exact) mass is 264 g/mol. The van der Waals surface area contributed by atoms with Crippen molar-refractivity contribution < 1.29 is 9.53 Å². The van der Waals surface area contributed by atoms with Gasteiger partial charge in [0.1, 0.15) is 5.69 Å². The first-order valence-corrected chi connectivity index (χ1v) is 6.42. The van der Waals surface area contributed by atoms with Crippen LogP contribution >= 0.6 is 0 Å². The minimum Gasteiger partial charge on any atom is -0.380 e. The molecule has 1 aliphatic heterocycles. The molecule has 0 bridgehead atoms. The van der Waals surface area contributed by atoms with E-state index >= 15 is 0 Å². The van der Waals surface area contributed by atoms with Crippen molar-refractivity contribution in [3.63, 3.8) is 0 Å². The summed E-state index contributed by atoms with van der Waals surface area (Å²) in [5.74, 6) is -0.0245. The van der Waals surface area contributed by atoms with E-state index in [0.29, 0.717) is 31.9 Å². The van der Waals surface area contributed by atoms with Crippen LogP contribution in [-0.4, -0.2) is 53.7 Å². The van der Waals surface area contributed by atoms with Crippen molar-refractivity contribution in [2.45, 2.75) is 13.0 Å². The second-order valence-electron chi connectivity index (χ2n) is 4.58. The Morgan fingerprint density at radius 1 is 1.58 bits per heavy atom. The first-order valence-electron chi connectivity index (χ1n) is 6.42. The van der Waals surface area contributed by atoms with Gasteiger partial charge in [-0.2, -0.15) is 0 Å². The van der Waals surface area contributed by atoms with Crippen LogP contribution in [0.15, 0.2) is 24.2 Å². The average molecular weight is 264 g/mol. The predicted octanol–water partition coefficient (Wildman–Crippen LogP) is 0.261. The molecule has 19 heavy (non-hydrogen) atoms. The molecule has 1 amide bonds. The van der Waals surface area contributed by atoms with Crippen molar-refractivity contribution >= 4 is 5.91 Å². The zero-order chi connectivity index (χ0) is 13.7. The summed E-state index contributed by atoms with van der Waals surface area (Å²) in [5, 5.41) is 0.